The third-order valence-electron chi connectivity index (χ3n) is 4.44. The van der Waals surface area contributed by atoms with Crippen LogP contribution in [0.3, 0.4) is 0 Å². The SMILES string of the molecule is Cc1ncc(CN2CC[C@@H](Nc3ccc4nnnn4n3)[C@H](C)C2)s1. The van der Waals surface area contributed by atoms with Gasteiger partial charge in [-0.2, -0.15) is 0 Å². The van der Waals surface area contributed by atoms with Crippen LogP contribution >= 0.6 is 11.3 Å². The fraction of sp³-hybridized carbons (Fsp3) is 0.533. The number of rotatable bonds is 4. The minimum atomic E-state index is 0.408. The Labute approximate surface area is 143 Å². The summed E-state index contributed by atoms with van der Waals surface area (Å²) in [5, 5.41) is 20.4. The van der Waals surface area contributed by atoms with Crippen molar-refractivity contribution in [3.8, 4) is 0 Å². The van der Waals surface area contributed by atoms with Crippen molar-refractivity contribution in [2.45, 2.75) is 32.9 Å². The molecular formula is C15H20N8S. The molecule has 0 radical (unpaired) electrons. The molecule has 4 heterocycles. The van der Waals surface area contributed by atoms with Crippen LogP contribution < -0.4 is 5.32 Å². The van der Waals surface area contributed by atoms with Gasteiger partial charge < -0.3 is 5.32 Å². The molecule has 4 rings (SSSR count). The molecule has 9 heteroatoms. The summed E-state index contributed by atoms with van der Waals surface area (Å²) in [7, 11) is 0. The van der Waals surface area contributed by atoms with Crippen LogP contribution in [0.25, 0.3) is 5.65 Å². The van der Waals surface area contributed by atoms with Crippen LogP contribution in [-0.2, 0) is 6.54 Å². The summed E-state index contributed by atoms with van der Waals surface area (Å²) in [5.41, 5.74) is 0.656. The van der Waals surface area contributed by atoms with Gasteiger partial charge in [0.25, 0.3) is 0 Å². The second kappa shape index (κ2) is 6.40. The van der Waals surface area contributed by atoms with Crippen LogP contribution in [0.5, 0.6) is 0 Å². The molecule has 3 aromatic rings. The molecule has 1 aliphatic heterocycles. The largest absolute Gasteiger partial charge is 0.365 e. The van der Waals surface area contributed by atoms with E-state index in [1.807, 2.05) is 18.3 Å². The van der Waals surface area contributed by atoms with Crippen molar-refractivity contribution in [3.63, 3.8) is 0 Å². The van der Waals surface area contributed by atoms with Gasteiger partial charge in [-0.05, 0) is 41.8 Å². The molecule has 0 aliphatic carbocycles. The van der Waals surface area contributed by atoms with Crippen LogP contribution in [-0.4, -0.2) is 54.3 Å². The molecule has 0 amide bonds. The zero-order valence-corrected chi connectivity index (χ0v) is 14.6. The lowest BCUT2D eigenvalue weighted by atomic mass is 9.94. The molecule has 8 nitrogen and oxygen atoms in total. The number of aromatic nitrogens is 6. The van der Waals surface area contributed by atoms with Crippen molar-refractivity contribution in [1.82, 2.24) is 35.1 Å². The van der Waals surface area contributed by atoms with Gasteiger partial charge >= 0.3 is 0 Å². The number of aryl methyl sites for hydroxylation is 1. The van der Waals surface area contributed by atoms with Crippen molar-refractivity contribution in [2.75, 3.05) is 18.4 Å². The standard InChI is InChI=1S/C15H20N8S/c1-10-8-22(9-12-7-16-11(2)24-12)6-5-13(10)17-14-3-4-15-18-20-21-23(15)19-14/h3-4,7,10,13H,5-6,8-9H2,1-2H3,(H,17,19)/t10-,13-/m1/s1. The van der Waals surface area contributed by atoms with Gasteiger partial charge in [0, 0.05) is 36.8 Å². The molecule has 0 bridgehead atoms. The number of fused-ring (bicyclic) bond motifs is 1. The van der Waals surface area contributed by atoms with Gasteiger partial charge in [0.2, 0.25) is 0 Å². The average molecular weight is 344 g/mol. The first-order chi connectivity index (χ1) is 11.7. The molecule has 1 aliphatic rings. The lowest BCUT2D eigenvalue weighted by Gasteiger charge is -2.37. The smallest absolute Gasteiger partial charge is 0.200 e. The summed E-state index contributed by atoms with van der Waals surface area (Å²) in [6.07, 6.45) is 3.09. The van der Waals surface area contributed by atoms with E-state index in [1.165, 1.54) is 9.51 Å². The first kappa shape index (κ1) is 15.4. The van der Waals surface area contributed by atoms with E-state index < -0.39 is 0 Å². The second-order valence-corrected chi connectivity index (χ2v) is 7.66. The van der Waals surface area contributed by atoms with Crippen LogP contribution in [0, 0.1) is 12.8 Å². The molecular weight excluding hydrogens is 324 g/mol. The minimum absolute atomic E-state index is 0.408. The number of thiazole rings is 1. The summed E-state index contributed by atoms with van der Waals surface area (Å²) < 4.78 is 1.45. The number of anilines is 1. The first-order valence-corrected chi connectivity index (χ1v) is 8.94. The third-order valence-corrected chi connectivity index (χ3v) is 5.34. The van der Waals surface area contributed by atoms with Gasteiger partial charge in [0.1, 0.15) is 5.82 Å². The van der Waals surface area contributed by atoms with Gasteiger partial charge in [-0.1, -0.05) is 6.92 Å². The van der Waals surface area contributed by atoms with Crippen LogP contribution in [0.4, 0.5) is 5.82 Å². The van der Waals surface area contributed by atoms with E-state index in [4.69, 9.17) is 0 Å². The van der Waals surface area contributed by atoms with Gasteiger partial charge in [-0.3, -0.25) is 4.90 Å². The zero-order valence-electron chi connectivity index (χ0n) is 13.8. The zero-order chi connectivity index (χ0) is 16.5. The molecule has 24 heavy (non-hydrogen) atoms. The first-order valence-electron chi connectivity index (χ1n) is 8.13. The third kappa shape index (κ3) is 3.22. The number of nitrogens with one attached hydrogen (secondary N) is 1. The maximum Gasteiger partial charge on any atom is 0.200 e. The maximum absolute atomic E-state index is 4.40. The summed E-state index contributed by atoms with van der Waals surface area (Å²) in [5.74, 6) is 1.36. The number of nitrogens with zero attached hydrogens (tertiary/aromatic N) is 7. The van der Waals surface area contributed by atoms with E-state index in [1.54, 1.807) is 11.3 Å². The van der Waals surface area contributed by atoms with E-state index in [9.17, 15) is 0 Å². The Bertz CT molecular complexity index is 828. The predicted octanol–water partition coefficient (Wildman–Crippen LogP) is 1.61. The van der Waals surface area contributed by atoms with Crippen LogP contribution in [0.1, 0.15) is 23.2 Å². The van der Waals surface area contributed by atoms with Crippen molar-refractivity contribution in [3.05, 3.63) is 28.2 Å². The van der Waals surface area contributed by atoms with Crippen LogP contribution in [0.15, 0.2) is 18.3 Å². The molecule has 1 saturated heterocycles. The fourth-order valence-corrected chi connectivity index (χ4v) is 4.04. The summed E-state index contributed by atoms with van der Waals surface area (Å²) in [6.45, 7) is 7.49. The lowest BCUT2D eigenvalue weighted by molar-refractivity contribution is 0.165. The number of hydrogen-bond donors (Lipinski definition) is 1. The molecule has 0 saturated carbocycles. The highest BCUT2D eigenvalue weighted by atomic mass is 32.1. The monoisotopic (exact) mass is 344 g/mol. The highest BCUT2D eigenvalue weighted by Gasteiger charge is 2.26. The Kier molecular flexibility index (Phi) is 4.11. The van der Waals surface area contributed by atoms with Crippen LogP contribution in [0.2, 0.25) is 0 Å². The van der Waals surface area contributed by atoms with E-state index >= 15 is 0 Å². The Balaban J connectivity index is 1.37. The molecule has 0 unspecified atom stereocenters. The van der Waals surface area contributed by atoms with Crippen molar-refractivity contribution >= 4 is 22.8 Å². The van der Waals surface area contributed by atoms with Crippen molar-refractivity contribution in [1.29, 1.82) is 0 Å². The number of likely N-dealkylation sites (tertiary alicyclic amines) is 1. The Hall–Kier alpha value is -2.13. The second-order valence-electron chi connectivity index (χ2n) is 6.34. The minimum Gasteiger partial charge on any atom is -0.365 e. The summed E-state index contributed by atoms with van der Waals surface area (Å²) in [4.78, 5) is 8.20. The maximum atomic E-state index is 4.40. The molecule has 1 fully saturated rings. The molecule has 0 aromatic carbocycles. The highest BCUT2D eigenvalue weighted by molar-refractivity contribution is 7.11. The van der Waals surface area contributed by atoms with Gasteiger partial charge in [0.05, 0.1) is 5.01 Å². The van der Waals surface area contributed by atoms with Gasteiger partial charge in [-0.25, -0.2) is 4.98 Å². The van der Waals surface area contributed by atoms with Crippen molar-refractivity contribution in [2.24, 2.45) is 5.92 Å². The molecule has 126 valence electrons. The van der Waals surface area contributed by atoms with E-state index in [0.717, 1.165) is 36.9 Å². The lowest BCUT2D eigenvalue weighted by Crippen LogP contribution is -2.44. The quantitative estimate of drug-likeness (QED) is 0.769. The summed E-state index contributed by atoms with van der Waals surface area (Å²) >= 11 is 1.79. The fourth-order valence-electron chi connectivity index (χ4n) is 3.21. The van der Waals surface area contributed by atoms with E-state index in [0.29, 0.717) is 17.6 Å². The number of hydrogen-bond acceptors (Lipinski definition) is 8. The number of tetrazole rings is 1. The Morgan fingerprint density at radius 1 is 1.38 bits per heavy atom. The molecule has 3 aromatic heterocycles. The van der Waals surface area contributed by atoms with Gasteiger partial charge in [-0.15, -0.1) is 26.2 Å². The van der Waals surface area contributed by atoms with E-state index in [2.05, 4.69) is 49.7 Å². The highest BCUT2D eigenvalue weighted by Crippen LogP contribution is 2.23. The predicted molar refractivity (Wildman–Crippen MR) is 91.9 cm³/mol. The van der Waals surface area contributed by atoms with Gasteiger partial charge in [0.15, 0.2) is 5.65 Å². The normalized spacial score (nSPS) is 22.1. The molecule has 2 atom stereocenters. The van der Waals surface area contributed by atoms with Crippen molar-refractivity contribution < 1.29 is 0 Å². The average Bonchev–Trinajstić information content (AvgIpc) is 3.18. The number of piperidine rings is 1. The Morgan fingerprint density at radius 2 is 2.29 bits per heavy atom. The molecule has 1 N–H and O–H groups in total. The van der Waals surface area contributed by atoms with E-state index in [-0.39, 0.29) is 0 Å². The molecule has 0 spiro atoms. The topological polar surface area (TPSA) is 84.1 Å². The Morgan fingerprint density at radius 3 is 3.08 bits per heavy atom. The summed E-state index contributed by atoms with van der Waals surface area (Å²) in [6, 6.07) is 4.22.